The molecule has 4 rings (SSSR count). The highest BCUT2D eigenvalue weighted by molar-refractivity contribution is 5.99. The second-order valence-corrected chi connectivity index (χ2v) is 6.67. The summed E-state index contributed by atoms with van der Waals surface area (Å²) >= 11 is 0. The van der Waals surface area contributed by atoms with Crippen LogP contribution in [0.2, 0.25) is 0 Å². The van der Waals surface area contributed by atoms with Gasteiger partial charge in [-0.25, -0.2) is 4.39 Å². The fourth-order valence-corrected chi connectivity index (χ4v) is 3.47. The van der Waals surface area contributed by atoms with Crippen molar-refractivity contribution in [1.29, 1.82) is 0 Å². The molecule has 0 bridgehead atoms. The largest absolute Gasteiger partial charge is 0.503 e. The van der Waals surface area contributed by atoms with E-state index in [1.807, 2.05) is 0 Å². The van der Waals surface area contributed by atoms with Crippen LogP contribution >= 0.6 is 0 Å². The minimum absolute atomic E-state index is 0.119. The van der Waals surface area contributed by atoms with E-state index in [0.29, 0.717) is 19.6 Å². The van der Waals surface area contributed by atoms with Gasteiger partial charge in [0, 0.05) is 24.8 Å². The van der Waals surface area contributed by atoms with Gasteiger partial charge in [-0.05, 0) is 12.5 Å². The number of hydrogen-bond donors (Lipinski definition) is 2. The number of pyridine rings is 1. The van der Waals surface area contributed by atoms with Crippen molar-refractivity contribution in [3.63, 3.8) is 0 Å². The summed E-state index contributed by atoms with van der Waals surface area (Å²) in [5.74, 6) is -2.53. The van der Waals surface area contributed by atoms with E-state index >= 15 is 0 Å². The molecule has 3 heterocycles. The first kappa shape index (κ1) is 18.2. The summed E-state index contributed by atoms with van der Waals surface area (Å²) in [6, 6.07) is 5.94. The molecule has 1 aromatic carbocycles. The number of aromatic nitrogens is 1. The molecule has 2 aliphatic heterocycles. The highest BCUT2D eigenvalue weighted by Gasteiger charge is 2.38. The molecule has 9 heteroatoms. The minimum atomic E-state index is -0.943. The van der Waals surface area contributed by atoms with Gasteiger partial charge in [0.15, 0.2) is 17.7 Å². The number of fused-ring (bicyclic) bond motifs is 2. The maximum absolute atomic E-state index is 13.7. The summed E-state index contributed by atoms with van der Waals surface area (Å²) < 4.78 is 20.6. The zero-order valence-corrected chi connectivity index (χ0v) is 14.9. The molecule has 0 unspecified atom stereocenters. The molecule has 2 N–H and O–H groups in total. The fourth-order valence-electron chi connectivity index (χ4n) is 3.47. The number of benzene rings is 1. The fraction of sp³-hybridized carbons (Fsp3) is 0.316. The van der Waals surface area contributed by atoms with Crippen LogP contribution in [0.3, 0.4) is 0 Å². The molecule has 1 fully saturated rings. The Kier molecular flexibility index (Phi) is 4.60. The van der Waals surface area contributed by atoms with Crippen molar-refractivity contribution in [2.45, 2.75) is 25.7 Å². The van der Waals surface area contributed by atoms with Crippen LogP contribution in [-0.2, 0) is 17.8 Å². The highest BCUT2D eigenvalue weighted by Crippen LogP contribution is 2.26. The van der Waals surface area contributed by atoms with Gasteiger partial charge in [-0.15, -0.1) is 0 Å². The van der Waals surface area contributed by atoms with Crippen LogP contribution in [0.15, 0.2) is 35.3 Å². The molecule has 0 saturated carbocycles. The van der Waals surface area contributed by atoms with Crippen LogP contribution in [0, 0.1) is 5.82 Å². The van der Waals surface area contributed by atoms with Crippen molar-refractivity contribution in [2.24, 2.45) is 0 Å². The average Bonchev–Trinajstić information content (AvgIpc) is 2.70. The third-order valence-electron chi connectivity index (χ3n) is 4.92. The second-order valence-electron chi connectivity index (χ2n) is 6.67. The summed E-state index contributed by atoms with van der Waals surface area (Å²) in [6.45, 7) is 1.06. The van der Waals surface area contributed by atoms with Gasteiger partial charge >= 0.3 is 0 Å². The lowest BCUT2D eigenvalue weighted by Crippen LogP contribution is -2.53. The summed E-state index contributed by atoms with van der Waals surface area (Å²) in [7, 11) is 0. The normalized spacial score (nSPS) is 18.4. The van der Waals surface area contributed by atoms with Crippen LogP contribution < -0.4 is 10.7 Å². The third-order valence-corrected chi connectivity index (χ3v) is 4.92. The number of nitrogens with one attached hydrogen (secondary N) is 1. The molecule has 2 aromatic rings. The van der Waals surface area contributed by atoms with E-state index in [0.717, 1.165) is 0 Å². The van der Waals surface area contributed by atoms with Gasteiger partial charge in [0.2, 0.25) is 5.43 Å². The summed E-state index contributed by atoms with van der Waals surface area (Å²) in [5, 5.41) is 12.8. The lowest BCUT2D eigenvalue weighted by Gasteiger charge is -2.40. The zero-order chi connectivity index (χ0) is 19.8. The van der Waals surface area contributed by atoms with Gasteiger partial charge in [-0.2, -0.15) is 0 Å². The molecule has 146 valence electrons. The molecule has 2 aliphatic rings. The van der Waals surface area contributed by atoms with Crippen LogP contribution in [0.25, 0.3) is 0 Å². The van der Waals surface area contributed by atoms with E-state index in [9.17, 15) is 23.9 Å². The van der Waals surface area contributed by atoms with Crippen molar-refractivity contribution in [3.05, 3.63) is 63.3 Å². The molecule has 0 radical (unpaired) electrons. The number of carbonyl (C=O) groups excluding carboxylic acids is 2. The average molecular weight is 387 g/mol. The predicted octanol–water partition coefficient (Wildman–Crippen LogP) is 0.825. The predicted molar refractivity (Wildman–Crippen MR) is 95.3 cm³/mol. The Morgan fingerprint density at radius 1 is 1.32 bits per heavy atom. The number of halogens is 1. The number of hydrogen-bond acceptors (Lipinski definition) is 5. The number of amides is 2. The third kappa shape index (κ3) is 3.03. The van der Waals surface area contributed by atoms with Crippen molar-refractivity contribution in [2.75, 3.05) is 13.2 Å². The molecule has 1 atom stereocenters. The van der Waals surface area contributed by atoms with Gasteiger partial charge < -0.3 is 24.6 Å². The number of carbonyl (C=O) groups is 2. The summed E-state index contributed by atoms with van der Waals surface area (Å²) in [4.78, 5) is 39.0. The maximum atomic E-state index is 13.7. The van der Waals surface area contributed by atoms with Gasteiger partial charge in [0.25, 0.3) is 11.8 Å². The number of aromatic hydroxyl groups is 1. The SMILES string of the molecule is O=C(NCc1ccccc1F)c1cn2c(c(O)c1=O)C(=O)N1CCCO[C@H]1C2. The lowest BCUT2D eigenvalue weighted by atomic mass is 10.1. The van der Waals surface area contributed by atoms with Crippen LogP contribution in [0.5, 0.6) is 5.75 Å². The number of nitrogens with zero attached hydrogens (tertiary/aromatic N) is 2. The molecular formula is C19H18FN3O5. The van der Waals surface area contributed by atoms with Gasteiger partial charge in [0.1, 0.15) is 11.4 Å². The van der Waals surface area contributed by atoms with Crippen molar-refractivity contribution < 1.29 is 23.8 Å². The van der Waals surface area contributed by atoms with Crippen molar-refractivity contribution in [3.8, 4) is 5.75 Å². The van der Waals surface area contributed by atoms with Gasteiger partial charge in [-0.3, -0.25) is 14.4 Å². The molecule has 0 aliphatic carbocycles. The highest BCUT2D eigenvalue weighted by atomic mass is 19.1. The van der Waals surface area contributed by atoms with Crippen molar-refractivity contribution in [1.82, 2.24) is 14.8 Å². The molecule has 28 heavy (non-hydrogen) atoms. The second kappa shape index (κ2) is 7.08. The smallest absolute Gasteiger partial charge is 0.276 e. The minimum Gasteiger partial charge on any atom is -0.503 e. The van der Waals surface area contributed by atoms with E-state index in [1.54, 1.807) is 6.07 Å². The topological polar surface area (TPSA) is 101 Å². The summed E-state index contributed by atoms with van der Waals surface area (Å²) in [6.07, 6.45) is 1.40. The molecule has 1 aromatic heterocycles. The lowest BCUT2D eigenvalue weighted by molar-refractivity contribution is -0.0920. The Morgan fingerprint density at radius 2 is 2.11 bits per heavy atom. The van der Waals surface area contributed by atoms with Crippen molar-refractivity contribution >= 4 is 11.8 Å². The molecular weight excluding hydrogens is 369 g/mol. The first-order chi connectivity index (χ1) is 13.5. The molecule has 0 spiro atoms. The standard InChI is InChI=1S/C19H18FN3O5/c20-13-5-2-1-4-11(13)8-21-18(26)12-9-22-10-14-23(6-3-7-28-14)19(27)15(22)17(25)16(12)24/h1-2,4-5,9,14,25H,3,6-8,10H2,(H,21,26)/t14-/m0/s1. The van der Waals surface area contributed by atoms with E-state index in [1.165, 1.54) is 33.9 Å². The Bertz CT molecular complexity index is 1020. The Morgan fingerprint density at radius 3 is 2.89 bits per heavy atom. The van der Waals surface area contributed by atoms with E-state index in [4.69, 9.17) is 4.74 Å². The quantitative estimate of drug-likeness (QED) is 0.812. The first-order valence-corrected chi connectivity index (χ1v) is 8.88. The first-order valence-electron chi connectivity index (χ1n) is 8.88. The van der Waals surface area contributed by atoms with Crippen LogP contribution in [0.1, 0.15) is 32.8 Å². The molecule has 8 nitrogen and oxygen atoms in total. The Balaban J connectivity index is 1.63. The van der Waals surface area contributed by atoms with Crippen LogP contribution in [0.4, 0.5) is 4.39 Å². The molecule has 2 amide bonds. The maximum Gasteiger partial charge on any atom is 0.276 e. The van der Waals surface area contributed by atoms with Crippen LogP contribution in [-0.4, -0.2) is 45.8 Å². The number of ether oxygens (including phenoxy) is 1. The van der Waals surface area contributed by atoms with E-state index in [2.05, 4.69) is 5.32 Å². The number of rotatable bonds is 3. The molecule has 1 saturated heterocycles. The van der Waals surface area contributed by atoms with E-state index < -0.39 is 35.0 Å². The monoisotopic (exact) mass is 387 g/mol. The van der Waals surface area contributed by atoms with E-state index in [-0.39, 0.29) is 29.9 Å². The Hall–Kier alpha value is -3.20. The van der Waals surface area contributed by atoms with Gasteiger partial charge in [0.05, 0.1) is 13.2 Å². The summed E-state index contributed by atoms with van der Waals surface area (Å²) in [5.41, 5.74) is -1.16. The Labute approximate surface area is 159 Å². The van der Waals surface area contributed by atoms with Gasteiger partial charge in [-0.1, -0.05) is 18.2 Å². The zero-order valence-electron chi connectivity index (χ0n) is 14.9.